The lowest BCUT2D eigenvalue weighted by Gasteiger charge is -2.33. The molecule has 0 atom stereocenters. The van der Waals surface area contributed by atoms with Crippen LogP contribution in [0.15, 0.2) is 12.3 Å². The Kier molecular flexibility index (Phi) is 4.57. The second kappa shape index (κ2) is 6.20. The molecule has 4 nitrogen and oxygen atoms in total. The second-order valence-corrected chi connectivity index (χ2v) is 5.85. The Hall–Kier alpha value is -1.65. The van der Waals surface area contributed by atoms with E-state index in [1.54, 1.807) is 7.05 Å². The Balaban J connectivity index is 2.03. The average molecular weight is 279 g/mol. The van der Waals surface area contributed by atoms with Crippen LogP contribution in [0.3, 0.4) is 0 Å². The van der Waals surface area contributed by atoms with Gasteiger partial charge in [-0.3, -0.25) is 4.79 Å². The van der Waals surface area contributed by atoms with Crippen LogP contribution in [-0.4, -0.2) is 24.5 Å². The fourth-order valence-corrected chi connectivity index (χ4v) is 2.78. The van der Waals surface area contributed by atoms with Gasteiger partial charge in [0, 0.05) is 13.6 Å². The normalized spacial score (nSPS) is 17.6. The zero-order chi connectivity index (χ0) is 14.6. The van der Waals surface area contributed by atoms with E-state index in [-0.39, 0.29) is 16.9 Å². The van der Waals surface area contributed by atoms with Crippen molar-refractivity contribution in [1.82, 2.24) is 10.3 Å². The van der Waals surface area contributed by atoms with Crippen LogP contribution in [0.5, 0.6) is 0 Å². The van der Waals surface area contributed by atoms with E-state index in [0.29, 0.717) is 12.4 Å². The largest absolute Gasteiger partial charge is 0.372 e. The molecule has 5 heteroatoms. The number of anilines is 1. The number of nitrogens with one attached hydrogen (secondary N) is 2. The van der Waals surface area contributed by atoms with E-state index >= 15 is 0 Å². The number of carbonyl (C=O) groups excluding carboxylic acids is 1. The topological polar surface area (TPSA) is 54.0 Å². The molecule has 1 fully saturated rings. The lowest BCUT2D eigenvalue weighted by Crippen LogP contribution is -2.37. The lowest BCUT2D eigenvalue weighted by atomic mass is 9.76. The van der Waals surface area contributed by atoms with Gasteiger partial charge in [0.2, 0.25) is 0 Å². The molecule has 1 aliphatic carbocycles. The molecule has 110 valence electrons. The summed E-state index contributed by atoms with van der Waals surface area (Å²) in [5.74, 6) is -0.371. The summed E-state index contributed by atoms with van der Waals surface area (Å²) in [6, 6.07) is 1.22. The van der Waals surface area contributed by atoms with E-state index in [4.69, 9.17) is 0 Å². The maximum absolute atomic E-state index is 13.2. The Labute approximate surface area is 119 Å². The van der Waals surface area contributed by atoms with Crippen molar-refractivity contribution in [3.8, 4) is 0 Å². The number of pyridine rings is 1. The van der Waals surface area contributed by atoms with Gasteiger partial charge in [-0.25, -0.2) is 9.37 Å². The molecular formula is C15H22FN3O. The highest BCUT2D eigenvalue weighted by Crippen LogP contribution is 2.35. The summed E-state index contributed by atoms with van der Waals surface area (Å²) in [7, 11) is 1.67. The summed E-state index contributed by atoms with van der Waals surface area (Å²) in [6.45, 7) is 2.83. The van der Waals surface area contributed by atoms with Crippen molar-refractivity contribution < 1.29 is 9.18 Å². The van der Waals surface area contributed by atoms with Gasteiger partial charge in [-0.2, -0.15) is 0 Å². The van der Waals surface area contributed by atoms with Crippen LogP contribution in [0.2, 0.25) is 0 Å². The van der Waals surface area contributed by atoms with Gasteiger partial charge in [0.1, 0.15) is 11.6 Å². The van der Waals surface area contributed by atoms with Gasteiger partial charge in [-0.05, 0) is 24.3 Å². The van der Waals surface area contributed by atoms with Crippen molar-refractivity contribution in [2.75, 3.05) is 18.9 Å². The first-order chi connectivity index (χ1) is 9.54. The third-order valence-corrected chi connectivity index (χ3v) is 4.07. The molecule has 2 rings (SSSR count). The highest BCUT2D eigenvalue weighted by atomic mass is 19.1. The summed E-state index contributed by atoms with van der Waals surface area (Å²) in [5.41, 5.74) is 0.418. The third kappa shape index (κ3) is 3.46. The van der Waals surface area contributed by atoms with Crippen LogP contribution in [0.4, 0.5) is 10.2 Å². The Bertz CT molecular complexity index is 484. The highest BCUT2D eigenvalue weighted by molar-refractivity contribution is 5.98. The predicted octanol–water partition coefficient (Wildman–Crippen LogP) is 2.96. The minimum atomic E-state index is -0.502. The van der Waals surface area contributed by atoms with Gasteiger partial charge < -0.3 is 10.6 Å². The van der Waals surface area contributed by atoms with Gasteiger partial charge in [0.25, 0.3) is 5.91 Å². The molecule has 1 heterocycles. The minimum Gasteiger partial charge on any atom is -0.372 e. The standard InChI is InChI=1S/C15H22FN3O/c1-15(6-4-3-5-7-15)10-19-14(20)12-8-11(16)9-18-13(12)17-2/h8-9H,3-7,10H2,1-2H3,(H,17,18)(H,19,20). The molecule has 1 aliphatic rings. The zero-order valence-corrected chi connectivity index (χ0v) is 12.1. The van der Waals surface area contributed by atoms with Gasteiger partial charge in [-0.1, -0.05) is 26.2 Å². The first-order valence-corrected chi connectivity index (χ1v) is 7.16. The van der Waals surface area contributed by atoms with Crippen molar-refractivity contribution in [1.29, 1.82) is 0 Å². The fraction of sp³-hybridized carbons (Fsp3) is 0.600. The number of hydrogen-bond donors (Lipinski definition) is 2. The summed E-state index contributed by atoms with van der Waals surface area (Å²) >= 11 is 0. The fourth-order valence-electron chi connectivity index (χ4n) is 2.78. The maximum atomic E-state index is 13.2. The Morgan fingerprint density at radius 3 is 2.75 bits per heavy atom. The van der Waals surface area contributed by atoms with Crippen molar-refractivity contribution in [3.63, 3.8) is 0 Å². The monoisotopic (exact) mass is 279 g/mol. The second-order valence-electron chi connectivity index (χ2n) is 5.85. The van der Waals surface area contributed by atoms with Gasteiger partial charge in [0.05, 0.1) is 11.8 Å². The first kappa shape index (κ1) is 14.8. The van der Waals surface area contributed by atoms with Crippen LogP contribution in [0, 0.1) is 11.2 Å². The molecular weight excluding hydrogens is 257 g/mol. The number of halogens is 1. The summed E-state index contributed by atoms with van der Waals surface area (Å²) < 4.78 is 13.2. The van der Waals surface area contributed by atoms with Crippen molar-refractivity contribution in [2.24, 2.45) is 5.41 Å². The van der Waals surface area contributed by atoms with Crippen molar-refractivity contribution >= 4 is 11.7 Å². The number of nitrogens with zero attached hydrogens (tertiary/aromatic N) is 1. The van der Waals surface area contributed by atoms with Crippen molar-refractivity contribution in [2.45, 2.75) is 39.0 Å². The highest BCUT2D eigenvalue weighted by Gasteiger charge is 2.27. The van der Waals surface area contributed by atoms with E-state index in [9.17, 15) is 9.18 Å². The molecule has 0 spiro atoms. The predicted molar refractivity (Wildman–Crippen MR) is 77.3 cm³/mol. The van der Waals surface area contributed by atoms with E-state index in [0.717, 1.165) is 19.0 Å². The number of rotatable bonds is 4. The Morgan fingerprint density at radius 2 is 2.10 bits per heavy atom. The van der Waals surface area contributed by atoms with Crippen molar-refractivity contribution in [3.05, 3.63) is 23.6 Å². The van der Waals surface area contributed by atoms with Crippen LogP contribution in [-0.2, 0) is 0 Å². The lowest BCUT2D eigenvalue weighted by molar-refractivity contribution is 0.0919. The molecule has 1 amide bonds. The molecule has 0 unspecified atom stereocenters. The number of carbonyl (C=O) groups is 1. The maximum Gasteiger partial charge on any atom is 0.255 e. The van der Waals surface area contributed by atoms with Gasteiger partial charge in [-0.15, -0.1) is 0 Å². The molecule has 0 saturated heterocycles. The molecule has 2 N–H and O–H groups in total. The SMILES string of the molecule is CNc1ncc(F)cc1C(=O)NCC1(C)CCCCC1. The minimum absolute atomic E-state index is 0.161. The summed E-state index contributed by atoms with van der Waals surface area (Å²) in [4.78, 5) is 16.1. The van der Waals surface area contributed by atoms with E-state index in [1.165, 1.54) is 25.3 Å². The summed E-state index contributed by atoms with van der Waals surface area (Å²) in [6.07, 6.45) is 7.08. The van der Waals surface area contributed by atoms with Crippen LogP contribution in [0.1, 0.15) is 49.4 Å². The first-order valence-electron chi connectivity index (χ1n) is 7.16. The molecule has 0 aliphatic heterocycles. The number of hydrogen-bond acceptors (Lipinski definition) is 3. The molecule has 0 bridgehead atoms. The Morgan fingerprint density at radius 1 is 1.40 bits per heavy atom. The number of amides is 1. The molecule has 1 aromatic heterocycles. The molecule has 20 heavy (non-hydrogen) atoms. The molecule has 0 radical (unpaired) electrons. The summed E-state index contributed by atoms with van der Waals surface area (Å²) in [5, 5.41) is 5.74. The molecule has 1 saturated carbocycles. The van der Waals surface area contributed by atoms with Gasteiger partial charge in [0.15, 0.2) is 0 Å². The third-order valence-electron chi connectivity index (χ3n) is 4.07. The average Bonchev–Trinajstić information content (AvgIpc) is 2.45. The number of aromatic nitrogens is 1. The van der Waals surface area contributed by atoms with E-state index in [2.05, 4.69) is 22.5 Å². The molecule has 0 aromatic carbocycles. The quantitative estimate of drug-likeness (QED) is 0.891. The molecule has 1 aromatic rings. The van der Waals surface area contributed by atoms with Gasteiger partial charge >= 0.3 is 0 Å². The van der Waals surface area contributed by atoms with Crippen LogP contribution >= 0.6 is 0 Å². The zero-order valence-electron chi connectivity index (χ0n) is 12.1. The van der Waals surface area contributed by atoms with Crippen LogP contribution in [0.25, 0.3) is 0 Å². The van der Waals surface area contributed by atoms with Crippen LogP contribution < -0.4 is 10.6 Å². The smallest absolute Gasteiger partial charge is 0.255 e. The van der Waals surface area contributed by atoms with E-state index < -0.39 is 5.82 Å². The van der Waals surface area contributed by atoms with E-state index in [1.807, 2.05) is 0 Å².